The number of piperazine rings is 1. The number of benzene rings is 1. The lowest BCUT2D eigenvalue weighted by molar-refractivity contribution is -0.135. The van der Waals surface area contributed by atoms with E-state index in [1.54, 1.807) is 0 Å². The second kappa shape index (κ2) is 9.48. The van der Waals surface area contributed by atoms with Crippen LogP contribution in [0, 0.1) is 5.92 Å². The Balaban J connectivity index is 1.43. The summed E-state index contributed by atoms with van der Waals surface area (Å²) in [4.78, 5) is 20.1. The molecule has 1 saturated heterocycles. The Bertz CT molecular complexity index is 693. The normalized spacial score (nSPS) is 24.6. The standard InChI is InChI=1S/C24H37N3O2/c1-19-18-29-23-9-8-21(16-26-12-10-25(2)11-13-26)14-22(23)17-27(19)24(28)15-20-6-4-3-5-7-20/h8-9,14,19-20H,3-7,10-13,15-18H2,1-2H3/t19-/m0/s1. The summed E-state index contributed by atoms with van der Waals surface area (Å²) in [7, 11) is 2.19. The maximum absolute atomic E-state index is 13.1. The van der Waals surface area contributed by atoms with Crippen molar-refractivity contribution < 1.29 is 9.53 Å². The highest BCUT2D eigenvalue weighted by Crippen LogP contribution is 2.30. The van der Waals surface area contributed by atoms with Gasteiger partial charge in [0.05, 0.1) is 6.04 Å². The second-order valence-corrected chi connectivity index (χ2v) is 9.41. The fourth-order valence-electron chi connectivity index (χ4n) is 4.99. The van der Waals surface area contributed by atoms with E-state index in [0.29, 0.717) is 31.4 Å². The van der Waals surface area contributed by atoms with Crippen molar-refractivity contribution in [1.29, 1.82) is 0 Å². The fourth-order valence-corrected chi connectivity index (χ4v) is 4.99. The van der Waals surface area contributed by atoms with Crippen LogP contribution in [0.25, 0.3) is 0 Å². The summed E-state index contributed by atoms with van der Waals surface area (Å²) in [6, 6.07) is 6.70. The van der Waals surface area contributed by atoms with Gasteiger partial charge in [0.15, 0.2) is 0 Å². The van der Waals surface area contributed by atoms with Crippen molar-refractivity contribution in [3.8, 4) is 5.75 Å². The summed E-state index contributed by atoms with van der Waals surface area (Å²) in [5, 5.41) is 0. The molecule has 0 aromatic heterocycles. The molecule has 2 heterocycles. The van der Waals surface area contributed by atoms with Gasteiger partial charge in [0, 0.05) is 51.3 Å². The van der Waals surface area contributed by atoms with Crippen LogP contribution >= 0.6 is 0 Å². The SMILES string of the molecule is C[C@H]1COc2ccc(CN3CCN(C)CC3)cc2CN1C(=O)CC1CCCCC1. The molecule has 5 nitrogen and oxygen atoms in total. The number of nitrogens with zero attached hydrogens (tertiary/aromatic N) is 3. The summed E-state index contributed by atoms with van der Waals surface area (Å²) in [5.74, 6) is 1.84. The van der Waals surface area contributed by atoms with E-state index in [1.165, 1.54) is 37.7 Å². The van der Waals surface area contributed by atoms with Crippen LogP contribution in [-0.2, 0) is 17.9 Å². The highest BCUT2D eigenvalue weighted by molar-refractivity contribution is 5.77. The van der Waals surface area contributed by atoms with Gasteiger partial charge < -0.3 is 14.5 Å². The Morgan fingerprint density at radius 2 is 1.86 bits per heavy atom. The van der Waals surface area contributed by atoms with Crippen LogP contribution < -0.4 is 4.74 Å². The molecule has 1 amide bonds. The van der Waals surface area contributed by atoms with Gasteiger partial charge in [0.2, 0.25) is 5.91 Å². The van der Waals surface area contributed by atoms with Crippen molar-refractivity contribution in [1.82, 2.24) is 14.7 Å². The molecule has 29 heavy (non-hydrogen) atoms. The van der Waals surface area contributed by atoms with Gasteiger partial charge in [-0.1, -0.05) is 25.3 Å². The zero-order valence-corrected chi connectivity index (χ0v) is 18.2. The molecule has 3 aliphatic rings. The monoisotopic (exact) mass is 399 g/mol. The maximum Gasteiger partial charge on any atom is 0.223 e. The van der Waals surface area contributed by atoms with Crippen molar-refractivity contribution in [3.05, 3.63) is 29.3 Å². The number of amides is 1. The number of ether oxygens (including phenoxy) is 1. The van der Waals surface area contributed by atoms with Crippen molar-refractivity contribution in [2.75, 3.05) is 39.8 Å². The first-order chi connectivity index (χ1) is 14.1. The third-order valence-electron chi connectivity index (χ3n) is 6.99. The van der Waals surface area contributed by atoms with Gasteiger partial charge in [-0.05, 0) is 50.4 Å². The Labute approximate surface area is 176 Å². The number of fused-ring (bicyclic) bond motifs is 1. The predicted octanol–water partition coefficient (Wildman–Crippen LogP) is 3.51. The fraction of sp³-hybridized carbons (Fsp3) is 0.708. The van der Waals surface area contributed by atoms with Crippen LogP contribution in [0.4, 0.5) is 0 Å². The van der Waals surface area contributed by atoms with E-state index >= 15 is 0 Å². The third kappa shape index (κ3) is 5.32. The van der Waals surface area contributed by atoms with E-state index in [1.807, 2.05) is 0 Å². The molecule has 2 fully saturated rings. The molecule has 1 aromatic carbocycles. The number of hydrogen-bond acceptors (Lipinski definition) is 4. The van der Waals surface area contributed by atoms with Crippen molar-refractivity contribution in [2.45, 2.75) is 64.6 Å². The quantitative estimate of drug-likeness (QED) is 0.776. The number of likely N-dealkylation sites (N-methyl/N-ethyl adjacent to an activating group) is 1. The van der Waals surface area contributed by atoms with Gasteiger partial charge in [-0.25, -0.2) is 0 Å². The van der Waals surface area contributed by atoms with Crippen LogP contribution in [0.5, 0.6) is 5.75 Å². The lowest BCUT2D eigenvalue weighted by Crippen LogP contribution is -2.43. The molecule has 4 rings (SSSR count). The molecule has 1 aliphatic carbocycles. The second-order valence-electron chi connectivity index (χ2n) is 9.41. The van der Waals surface area contributed by atoms with Gasteiger partial charge in [-0.2, -0.15) is 0 Å². The summed E-state index contributed by atoms with van der Waals surface area (Å²) in [5.41, 5.74) is 2.49. The van der Waals surface area contributed by atoms with E-state index in [4.69, 9.17) is 4.74 Å². The number of carbonyl (C=O) groups excluding carboxylic acids is 1. The molecule has 1 aromatic rings. The van der Waals surface area contributed by atoms with Crippen molar-refractivity contribution in [2.24, 2.45) is 5.92 Å². The summed E-state index contributed by atoms with van der Waals surface area (Å²) in [6.45, 7) is 8.87. The Morgan fingerprint density at radius 1 is 1.10 bits per heavy atom. The van der Waals surface area contributed by atoms with Crippen molar-refractivity contribution >= 4 is 5.91 Å². The Morgan fingerprint density at radius 3 is 2.62 bits per heavy atom. The largest absolute Gasteiger partial charge is 0.491 e. The van der Waals surface area contributed by atoms with Gasteiger partial charge in [0.25, 0.3) is 0 Å². The first-order valence-corrected chi connectivity index (χ1v) is 11.5. The predicted molar refractivity (Wildman–Crippen MR) is 116 cm³/mol. The van der Waals surface area contributed by atoms with E-state index < -0.39 is 0 Å². The van der Waals surface area contributed by atoms with Crippen LogP contribution in [-0.4, -0.2) is 66.5 Å². The van der Waals surface area contributed by atoms with E-state index in [-0.39, 0.29) is 6.04 Å². The van der Waals surface area contributed by atoms with E-state index in [0.717, 1.165) is 44.0 Å². The lowest BCUT2D eigenvalue weighted by atomic mass is 9.86. The highest BCUT2D eigenvalue weighted by Gasteiger charge is 2.28. The molecule has 160 valence electrons. The summed E-state index contributed by atoms with van der Waals surface area (Å²) < 4.78 is 6.08. The van der Waals surface area contributed by atoms with Crippen LogP contribution in [0.3, 0.4) is 0 Å². The smallest absolute Gasteiger partial charge is 0.223 e. The Hall–Kier alpha value is -1.59. The molecule has 0 spiro atoms. The van der Waals surface area contributed by atoms with Crippen LogP contribution in [0.1, 0.15) is 56.6 Å². The van der Waals surface area contributed by atoms with Crippen LogP contribution in [0.2, 0.25) is 0 Å². The maximum atomic E-state index is 13.1. The highest BCUT2D eigenvalue weighted by atomic mass is 16.5. The molecular formula is C24H37N3O2. The number of hydrogen-bond donors (Lipinski definition) is 0. The molecule has 1 atom stereocenters. The minimum Gasteiger partial charge on any atom is -0.491 e. The molecular weight excluding hydrogens is 362 g/mol. The number of rotatable bonds is 4. The molecule has 5 heteroatoms. The lowest BCUT2D eigenvalue weighted by Gasteiger charge is -2.32. The minimum absolute atomic E-state index is 0.125. The number of carbonyl (C=O) groups is 1. The van der Waals surface area contributed by atoms with Gasteiger partial charge >= 0.3 is 0 Å². The summed E-state index contributed by atoms with van der Waals surface area (Å²) >= 11 is 0. The minimum atomic E-state index is 0.125. The molecule has 1 saturated carbocycles. The van der Waals surface area contributed by atoms with Crippen LogP contribution in [0.15, 0.2) is 18.2 Å². The Kier molecular flexibility index (Phi) is 6.76. The molecule has 0 radical (unpaired) electrons. The van der Waals surface area contributed by atoms with Gasteiger partial charge in [0.1, 0.15) is 12.4 Å². The van der Waals surface area contributed by atoms with Gasteiger partial charge in [-0.15, -0.1) is 0 Å². The summed E-state index contributed by atoms with van der Waals surface area (Å²) in [6.07, 6.45) is 7.05. The first-order valence-electron chi connectivity index (χ1n) is 11.5. The molecule has 0 unspecified atom stereocenters. The molecule has 0 bridgehead atoms. The molecule has 0 N–H and O–H groups in total. The first kappa shape index (κ1) is 20.7. The average Bonchev–Trinajstić information content (AvgIpc) is 2.89. The average molecular weight is 400 g/mol. The third-order valence-corrected chi connectivity index (χ3v) is 6.99. The van der Waals surface area contributed by atoms with E-state index in [2.05, 4.69) is 46.9 Å². The van der Waals surface area contributed by atoms with Gasteiger partial charge in [-0.3, -0.25) is 9.69 Å². The molecule has 2 aliphatic heterocycles. The zero-order chi connectivity index (χ0) is 20.2. The van der Waals surface area contributed by atoms with Crippen molar-refractivity contribution in [3.63, 3.8) is 0 Å². The zero-order valence-electron chi connectivity index (χ0n) is 18.2. The topological polar surface area (TPSA) is 36.0 Å². The van der Waals surface area contributed by atoms with E-state index in [9.17, 15) is 4.79 Å².